The lowest BCUT2D eigenvalue weighted by atomic mass is 10.2. The van der Waals surface area contributed by atoms with Gasteiger partial charge in [0.05, 0.1) is 37.2 Å². The first-order valence-corrected chi connectivity index (χ1v) is 12.6. The third kappa shape index (κ3) is 5.59. The first kappa shape index (κ1) is 26.2. The smallest absolute Gasteiger partial charge is 0.444 e. The summed E-state index contributed by atoms with van der Waals surface area (Å²) in [6.07, 6.45) is -6.10. The van der Waals surface area contributed by atoms with Gasteiger partial charge in [-0.1, -0.05) is 24.3 Å². The summed E-state index contributed by atoms with van der Waals surface area (Å²) in [5.74, 6) is -0.577. The lowest BCUT2D eigenvalue weighted by molar-refractivity contribution is -0.274. The van der Waals surface area contributed by atoms with Crippen molar-refractivity contribution in [1.82, 2.24) is 4.90 Å². The molecule has 0 saturated carbocycles. The Balaban J connectivity index is 1.62. The molecule has 0 aliphatic carbocycles. The molecule has 0 bridgehead atoms. The van der Waals surface area contributed by atoms with Crippen molar-refractivity contribution in [3.63, 3.8) is 0 Å². The number of hydrogen-bond acceptors (Lipinski definition) is 8. The predicted octanol–water partition coefficient (Wildman–Crippen LogP) is 5.76. The fourth-order valence-electron chi connectivity index (χ4n) is 4.01. The topological polar surface area (TPSA) is 94.9 Å². The molecule has 9 nitrogen and oxygen atoms in total. The molecule has 1 saturated heterocycles. The van der Waals surface area contributed by atoms with E-state index in [1.165, 1.54) is 27.4 Å². The molecule has 36 heavy (non-hydrogen) atoms. The molecule has 2 aliphatic heterocycles. The predicted molar refractivity (Wildman–Crippen MR) is 129 cm³/mol. The summed E-state index contributed by atoms with van der Waals surface area (Å²) >= 11 is 0. The van der Waals surface area contributed by atoms with Crippen molar-refractivity contribution in [2.45, 2.75) is 38.8 Å². The summed E-state index contributed by atoms with van der Waals surface area (Å²) in [5, 5.41) is 0. The van der Waals surface area contributed by atoms with E-state index < -0.39 is 40.9 Å². The van der Waals surface area contributed by atoms with Crippen LogP contribution in [0.25, 0.3) is 0 Å². The number of nitrogens with zero attached hydrogens (tertiary/aromatic N) is 3. The van der Waals surface area contributed by atoms with Gasteiger partial charge in [0.15, 0.2) is 5.75 Å². The maximum absolute atomic E-state index is 13.1. The SMILES string of the molecule is CC(C)(C)OC(=O)N1CCOC(CN2c3ccccc3N(c3ccccc3OC(F)(F)F)S2(O)O)C1. The summed E-state index contributed by atoms with van der Waals surface area (Å²) in [7, 11) is -3.88. The van der Waals surface area contributed by atoms with Gasteiger partial charge in [0.2, 0.25) is 0 Å². The van der Waals surface area contributed by atoms with Crippen molar-refractivity contribution in [1.29, 1.82) is 0 Å². The molecule has 0 aromatic heterocycles. The van der Waals surface area contributed by atoms with E-state index in [1.54, 1.807) is 45.0 Å². The van der Waals surface area contributed by atoms with Gasteiger partial charge in [0.1, 0.15) is 11.3 Å². The Kier molecular flexibility index (Phi) is 6.94. The monoisotopic (exact) mass is 531 g/mol. The summed E-state index contributed by atoms with van der Waals surface area (Å²) < 4.78 is 79.6. The number of ether oxygens (including phenoxy) is 3. The second-order valence-electron chi connectivity index (χ2n) is 9.27. The molecule has 0 radical (unpaired) electrons. The van der Waals surface area contributed by atoms with E-state index in [4.69, 9.17) is 9.47 Å². The average Bonchev–Trinajstić information content (AvgIpc) is 2.98. The van der Waals surface area contributed by atoms with E-state index in [-0.39, 0.29) is 31.1 Å². The van der Waals surface area contributed by atoms with E-state index >= 15 is 0 Å². The Morgan fingerprint density at radius 1 is 1.06 bits per heavy atom. The number of alkyl halides is 3. The van der Waals surface area contributed by atoms with Crippen molar-refractivity contribution in [2.75, 3.05) is 34.9 Å². The molecular formula is C23H28F3N3O6S. The van der Waals surface area contributed by atoms with Crippen LogP contribution in [0.2, 0.25) is 0 Å². The lowest BCUT2D eigenvalue weighted by Crippen LogP contribution is -2.51. The van der Waals surface area contributed by atoms with Gasteiger partial charge in [-0.15, -0.1) is 13.2 Å². The molecule has 198 valence electrons. The molecule has 1 atom stereocenters. The van der Waals surface area contributed by atoms with Crippen LogP contribution in [0, 0.1) is 0 Å². The van der Waals surface area contributed by atoms with Gasteiger partial charge in [-0.25, -0.2) is 13.4 Å². The van der Waals surface area contributed by atoms with E-state index in [0.717, 1.165) is 10.4 Å². The number of halogens is 3. The van der Waals surface area contributed by atoms with Crippen molar-refractivity contribution >= 4 is 34.1 Å². The van der Waals surface area contributed by atoms with Crippen LogP contribution in [0.4, 0.5) is 35.0 Å². The highest BCUT2D eigenvalue weighted by Gasteiger charge is 2.45. The van der Waals surface area contributed by atoms with Crippen LogP contribution in [0.3, 0.4) is 0 Å². The maximum Gasteiger partial charge on any atom is 0.573 e. The number of amides is 1. The van der Waals surface area contributed by atoms with Gasteiger partial charge >= 0.3 is 12.5 Å². The van der Waals surface area contributed by atoms with Gasteiger partial charge in [0.25, 0.3) is 0 Å². The highest BCUT2D eigenvalue weighted by molar-refractivity contribution is 8.27. The summed E-state index contributed by atoms with van der Waals surface area (Å²) in [6.45, 7) is 5.89. The number of carbonyl (C=O) groups is 1. The zero-order chi connectivity index (χ0) is 26.3. The van der Waals surface area contributed by atoms with Crippen LogP contribution in [0.15, 0.2) is 48.5 Å². The number of benzene rings is 2. The fourth-order valence-corrected chi connectivity index (χ4v) is 5.83. The Morgan fingerprint density at radius 3 is 2.31 bits per heavy atom. The van der Waals surface area contributed by atoms with Gasteiger partial charge in [-0.05, 0) is 56.0 Å². The average molecular weight is 532 g/mol. The van der Waals surface area contributed by atoms with E-state index in [0.29, 0.717) is 12.2 Å². The molecule has 13 heteroatoms. The van der Waals surface area contributed by atoms with Gasteiger partial charge in [-0.3, -0.25) is 9.11 Å². The Bertz CT molecular complexity index is 1110. The van der Waals surface area contributed by atoms with Crippen molar-refractivity contribution in [3.8, 4) is 5.75 Å². The molecule has 1 amide bonds. The zero-order valence-corrected chi connectivity index (χ0v) is 20.8. The van der Waals surface area contributed by atoms with Crippen molar-refractivity contribution in [3.05, 3.63) is 48.5 Å². The maximum atomic E-state index is 13.1. The highest BCUT2D eigenvalue weighted by atomic mass is 32.3. The number of morpholine rings is 1. The van der Waals surface area contributed by atoms with Crippen molar-refractivity contribution < 1.29 is 41.3 Å². The standard InChI is InChI=1S/C23H28F3N3O6S/c1-22(2,3)35-21(30)27-12-13-33-16(14-27)15-28-17-8-4-5-9-18(17)29(36(28,31)32)19-10-6-7-11-20(19)34-23(24,25)26/h4-11,16,31-32H,12-15H2,1-3H3. The van der Waals surface area contributed by atoms with E-state index in [2.05, 4.69) is 4.74 Å². The minimum absolute atomic E-state index is 0.0442. The number of para-hydroxylation sites is 4. The zero-order valence-electron chi connectivity index (χ0n) is 19.9. The van der Waals surface area contributed by atoms with Gasteiger partial charge in [0, 0.05) is 6.54 Å². The minimum atomic E-state index is -4.97. The summed E-state index contributed by atoms with van der Waals surface area (Å²) in [6, 6.07) is 11.8. The molecule has 1 unspecified atom stereocenters. The summed E-state index contributed by atoms with van der Waals surface area (Å²) in [5.41, 5.74) is -0.168. The molecule has 0 spiro atoms. The van der Waals surface area contributed by atoms with Gasteiger partial charge in [-0.2, -0.15) is 0 Å². The van der Waals surface area contributed by atoms with Crippen LogP contribution in [-0.4, -0.2) is 64.4 Å². The third-order valence-electron chi connectivity index (χ3n) is 5.38. The number of carbonyl (C=O) groups excluding carboxylic acids is 1. The first-order valence-electron chi connectivity index (χ1n) is 11.2. The molecular weight excluding hydrogens is 503 g/mol. The molecule has 2 aromatic carbocycles. The largest absolute Gasteiger partial charge is 0.573 e. The van der Waals surface area contributed by atoms with Crippen LogP contribution in [0.1, 0.15) is 20.8 Å². The van der Waals surface area contributed by atoms with Crippen molar-refractivity contribution in [2.24, 2.45) is 0 Å². The number of rotatable bonds is 4. The molecule has 2 aliphatic rings. The summed E-state index contributed by atoms with van der Waals surface area (Å²) in [4.78, 5) is 14.0. The second-order valence-corrected chi connectivity index (χ2v) is 11.1. The molecule has 2 N–H and O–H groups in total. The highest BCUT2D eigenvalue weighted by Crippen LogP contribution is 2.65. The first-order chi connectivity index (χ1) is 16.8. The fraction of sp³-hybridized carbons (Fsp3) is 0.435. The van der Waals surface area contributed by atoms with Crippen LogP contribution in [0.5, 0.6) is 5.75 Å². The third-order valence-corrected chi connectivity index (χ3v) is 7.20. The van der Waals surface area contributed by atoms with Crippen LogP contribution in [-0.2, 0) is 9.47 Å². The van der Waals surface area contributed by atoms with Crippen LogP contribution >= 0.6 is 11.0 Å². The van der Waals surface area contributed by atoms with Gasteiger partial charge < -0.3 is 19.1 Å². The van der Waals surface area contributed by atoms with E-state index in [9.17, 15) is 27.1 Å². The molecule has 2 aromatic rings. The molecule has 2 heterocycles. The number of hydrogen-bond donors (Lipinski definition) is 2. The van der Waals surface area contributed by atoms with Crippen LogP contribution < -0.4 is 13.3 Å². The normalized spacial score (nSPS) is 20.7. The molecule has 4 rings (SSSR count). The second kappa shape index (κ2) is 9.54. The quantitative estimate of drug-likeness (QED) is 0.514. The number of fused-ring (bicyclic) bond motifs is 1. The molecule has 1 fully saturated rings. The Hall–Kier alpha value is -2.87. The minimum Gasteiger partial charge on any atom is -0.444 e. The Labute approximate surface area is 208 Å². The van der Waals surface area contributed by atoms with E-state index in [1.807, 2.05) is 0 Å². The Morgan fingerprint density at radius 2 is 1.67 bits per heavy atom. The number of anilines is 3. The lowest BCUT2D eigenvalue weighted by Gasteiger charge is -2.45.